The minimum Gasteiger partial charge on any atom is -0.466 e. The molecular weight excluding hydrogens is 550 g/mol. The van der Waals surface area contributed by atoms with Gasteiger partial charge in [0.25, 0.3) is 0 Å². The van der Waals surface area contributed by atoms with Gasteiger partial charge >= 0.3 is 18.2 Å². The highest BCUT2D eigenvalue weighted by Gasteiger charge is 2.30. The Bertz CT molecular complexity index is 1260. The molecule has 0 heterocycles. The molecular formula is C33H45N3O7. The summed E-state index contributed by atoms with van der Waals surface area (Å²) in [7, 11) is 2.80. The number of rotatable bonds is 10. The molecule has 1 N–H and O–H groups in total. The van der Waals surface area contributed by atoms with Crippen LogP contribution in [0.15, 0.2) is 54.6 Å². The number of ether oxygens (including phenoxy) is 3. The van der Waals surface area contributed by atoms with Gasteiger partial charge in [0.2, 0.25) is 5.91 Å². The number of nitrogens with one attached hydrogen (secondary N) is 1. The first-order chi connectivity index (χ1) is 20.1. The number of carbonyl (C=O) groups is 4. The number of amides is 3. The number of benzene rings is 2. The van der Waals surface area contributed by atoms with E-state index in [1.54, 1.807) is 47.6 Å². The van der Waals surface area contributed by atoms with Crippen molar-refractivity contribution in [3.05, 3.63) is 71.3 Å². The van der Waals surface area contributed by atoms with Crippen molar-refractivity contribution in [3.8, 4) is 0 Å². The third-order valence-corrected chi connectivity index (χ3v) is 5.94. The predicted molar refractivity (Wildman–Crippen MR) is 166 cm³/mol. The third kappa shape index (κ3) is 13.5. The van der Waals surface area contributed by atoms with E-state index in [1.165, 1.54) is 25.2 Å². The first kappa shape index (κ1) is 34.9. The van der Waals surface area contributed by atoms with E-state index >= 15 is 0 Å². The van der Waals surface area contributed by atoms with Gasteiger partial charge in [-0.1, -0.05) is 36.4 Å². The van der Waals surface area contributed by atoms with E-state index < -0.39 is 29.4 Å². The van der Waals surface area contributed by atoms with Crippen molar-refractivity contribution < 1.29 is 33.4 Å². The number of hydrazine groups is 1. The van der Waals surface area contributed by atoms with E-state index in [9.17, 15) is 19.2 Å². The standard InChI is InChI=1S/C33H45N3O7/c1-32(2,3)42-30(39)35(7)36(31(40)43-33(4,5)6)23-22-26-16-19-27(20-17-26)34-28(37)11-9-10-24-12-14-25(15-13-24)18-21-29(38)41-8/h12-21H,9-11,22-23H2,1-8H3,(H,34,37). The number of carbonyl (C=O) groups excluding carboxylic acids is 4. The van der Waals surface area contributed by atoms with Gasteiger partial charge in [0.1, 0.15) is 11.2 Å². The van der Waals surface area contributed by atoms with E-state index in [2.05, 4.69) is 10.1 Å². The smallest absolute Gasteiger partial charge is 0.429 e. The first-order valence-electron chi connectivity index (χ1n) is 14.3. The summed E-state index contributed by atoms with van der Waals surface area (Å²) in [5, 5.41) is 5.27. The maximum Gasteiger partial charge on any atom is 0.429 e. The molecule has 234 valence electrons. The molecule has 0 unspecified atom stereocenters. The van der Waals surface area contributed by atoms with Crippen LogP contribution in [-0.4, -0.2) is 66.0 Å². The van der Waals surface area contributed by atoms with Crippen molar-refractivity contribution in [2.24, 2.45) is 0 Å². The SMILES string of the molecule is COC(=O)C=Cc1ccc(CCCC(=O)Nc2ccc(CCN(C(=O)OC(C)(C)C)N(C)C(=O)OC(C)(C)C)cc2)cc1. The lowest BCUT2D eigenvalue weighted by molar-refractivity contribution is -0.134. The van der Waals surface area contributed by atoms with Crippen molar-refractivity contribution >= 4 is 35.8 Å². The van der Waals surface area contributed by atoms with Crippen molar-refractivity contribution in [2.75, 3.05) is 26.0 Å². The van der Waals surface area contributed by atoms with Crippen molar-refractivity contribution in [3.63, 3.8) is 0 Å². The van der Waals surface area contributed by atoms with Crippen LogP contribution in [0.25, 0.3) is 6.08 Å². The fraction of sp³-hybridized carbons (Fsp3) is 0.455. The molecule has 0 aliphatic heterocycles. The molecule has 2 rings (SSSR count). The predicted octanol–water partition coefficient (Wildman–Crippen LogP) is 6.40. The zero-order chi connectivity index (χ0) is 32.2. The quantitative estimate of drug-likeness (QED) is 0.146. The first-order valence-corrected chi connectivity index (χ1v) is 14.3. The lowest BCUT2D eigenvalue weighted by Crippen LogP contribution is -2.51. The number of methoxy groups -OCH3 is 1. The van der Waals surface area contributed by atoms with E-state index in [0.29, 0.717) is 24.9 Å². The van der Waals surface area contributed by atoms with Crippen LogP contribution in [0.2, 0.25) is 0 Å². The van der Waals surface area contributed by atoms with E-state index in [1.807, 2.05) is 48.5 Å². The Morgan fingerprint density at radius 2 is 1.33 bits per heavy atom. The van der Waals surface area contributed by atoms with Crippen molar-refractivity contribution in [1.29, 1.82) is 0 Å². The number of esters is 1. The highest BCUT2D eigenvalue weighted by Crippen LogP contribution is 2.17. The summed E-state index contributed by atoms with van der Waals surface area (Å²) in [5.41, 5.74) is 2.12. The molecule has 0 radical (unpaired) electrons. The molecule has 0 bridgehead atoms. The van der Waals surface area contributed by atoms with Gasteiger partial charge in [-0.05, 0) is 95.7 Å². The van der Waals surface area contributed by atoms with E-state index in [-0.39, 0.29) is 12.5 Å². The number of nitrogens with zero attached hydrogens (tertiary/aromatic N) is 2. The number of hydrogen-bond acceptors (Lipinski definition) is 7. The summed E-state index contributed by atoms with van der Waals surface area (Å²) < 4.78 is 15.5. The fourth-order valence-corrected chi connectivity index (χ4v) is 3.80. The molecule has 3 amide bonds. The average Bonchev–Trinajstić information content (AvgIpc) is 2.91. The lowest BCUT2D eigenvalue weighted by Gasteiger charge is -2.34. The van der Waals surface area contributed by atoms with Crippen LogP contribution in [0.3, 0.4) is 0 Å². The molecule has 43 heavy (non-hydrogen) atoms. The molecule has 10 heteroatoms. The molecule has 10 nitrogen and oxygen atoms in total. The largest absolute Gasteiger partial charge is 0.466 e. The number of aryl methyl sites for hydroxylation is 1. The Balaban J connectivity index is 1.89. The van der Waals surface area contributed by atoms with Crippen LogP contribution in [0.4, 0.5) is 15.3 Å². The summed E-state index contributed by atoms with van der Waals surface area (Å²) in [6.45, 7) is 10.7. The highest BCUT2D eigenvalue weighted by atomic mass is 16.6. The van der Waals surface area contributed by atoms with E-state index in [4.69, 9.17) is 9.47 Å². The van der Waals surface area contributed by atoms with Crippen LogP contribution in [-0.2, 0) is 36.6 Å². The maximum absolute atomic E-state index is 12.9. The topological polar surface area (TPSA) is 114 Å². The van der Waals surface area contributed by atoms with Gasteiger partial charge in [0.15, 0.2) is 0 Å². The second kappa shape index (κ2) is 15.8. The minimum atomic E-state index is -0.737. The zero-order valence-electron chi connectivity index (χ0n) is 26.6. The minimum absolute atomic E-state index is 0.0829. The number of hydrogen-bond donors (Lipinski definition) is 1. The second-order valence-electron chi connectivity index (χ2n) is 12.1. The Labute approximate surface area is 254 Å². The average molecular weight is 596 g/mol. The van der Waals surface area contributed by atoms with Gasteiger partial charge in [0, 0.05) is 25.2 Å². The van der Waals surface area contributed by atoms with Crippen molar-refractivity contribution in [2.45, 2.75) is 78.4 Å². The Hall–Kier alpha value is -4.34. The van der Waals surface area contributed by atoms with Crippen LogP contribution < -0.4 is 5.32 Å². The Morgan fingerprint density at radius 3 is 1.88 bits per heavy atom. The maximum atomic E-state index is 12.9. The van der Waals surface area contributed by atoms with E-state index in [0.717, 1.165) is 28.1 Å². The zero-order valence-corrected chi connectivity index (χ0v) is 26.6. The molecule has 2 aromatic carbocycles. The van der Waals surface area contributed by atoms with Gasteiger partial charge in [-0.15, -0.1) is 0 Å². The van der Waals surface area contributed by atoms with Crippen LogP contribution >= 0.6 is 0 Å². The lowest BCUT2D eigenvalue weighted by atomic mass is 10.1. The van der Waals surface area contributed by atoms with Crippen LogP contribution in [0.5, 0.6) is 0 Å². The summed E-state index contributed by atoms with van der Waals surface area (Å²) in [6.07, 6.45) is 3.99. The summed E-state index contributed by atoms with van der Waals surface area (Å²) >= 11 is 0. The van der Waals surface area contributed by atoms with Crippen LogP contribution in [0.1, 0.15) is 71.1 Å². The summed E-state index contributed by atoms with van der Waals surface area (Å²) in [4.78, 5) is 49.3. The molecule has 0 aliphatic rings. The summed E-state index contributed by atoms with van der Waals surface area (Å²) in [5.74, 6) is -0.488. The second-order valence-corrected chi connectivity index (χ2v) is 12.1. The molecule has 0 atom stereocenters. The van der Waals surface area contributed by atoms with Gasteiger partial charge in [-0.3, -0.25) is 4.79 Å². The van der Waals surface area contributed by atoms with Gasteiger partial charge in [0.05, 0.1) is 13.7 Å². The highest BCUT2D eigenvalue weighted by molar-refractivity contribution is 5.90. The van der Waals surface area contributed by atoms with Gasteiger partial charge in [-0.2, -0.15) is 0 Å². The molecule has 0 aromatic heterocycles. The Morgan fingerprint density at radius 1 is 0.791 bits per heavy atom. The monoisotopic (exact) mass is 595 g/mol. The van der Waals surface area contributed by atoms with Crippen molar-refractivity contribution in [1.82, 2.24) is 10.0 Å². The van der Waals surface area contributed by atoms with Gasteiger partial charge < -0.3 is 19.5 Å². The molecule has 2 aromatic rings. The normalized spacial score (nSPS) is 11.5. The number of anilines is 1. The van der Waals surface area contributed by atoms with Gasteiger partial charge in [-0.25, -0.2) is 24.4 Å². The molecule has 0 saturated heterocycles. The molecule has 0 spiro atoms. The molecule has 0 fully saturated rings. The Kier molecular flexibility index (Phi) is 12.8. The van der Waals surface area contributed by atoms with Crippen LogP contribution in [0, 0.1) is 0 Å². The third-order valence-electron chi connectivity index (χ3n) is 5.94. The summed E-state index contributed by atoms with van der Waals surface area (Å²) in [6, 6.07) is 15.1. The molecule has 0 saturated carbocycles. The fourth-order valence-electron chi connectivity index (χ4n) is 3.80. The molecule has 0 aliphatic carbocycles.